The summed E-state index contributed by atoms with van der Waals surface area (Å²) in [5.41, 5.74) is 0.0617. The Bertz CT molecular complexity index is 684. The van der Waals surface area contributed by atoms with E-state index in [0.29, 0.717) is 13.0 Å². The summed E-state index contributed by atoms with van der Waals surface area (Å²) in [5, 5.41) is 13.3. The lowest BCUT2D eigenvalue weighted by Gasteiger charge is -2.06. The minimum Gasteiger partial charge on any atom is -0.352 e. The van der Waals surface area contributed by atoms with E-state index in [9.17, 15) is 14.9 Å². The summed E-state index contributed by atoms with van der Waals surface area (Å²) in [6.07, 6.45) is 4.11. The van der Waals surface area contributed by atoms with Crippen LogP contribution in [0.5, 0.6) is 0 Å². The van der Waals surface area contributed by atoms with Crippen LogP contribution in [-0.4, -0.2) is 26.9 Å². The first-order valence-corrected chi connectivity index (χ1v) is 6.55. The SMILES string of the molecule is Cn1ccnc1CCNC(=O)c1ccc([N+](=O)[O-])c(Cl)c1. The number of rotatable bonds is 5. The molecule has 8 heteroatoms. The van der Waals surface area contributed by atoms with E-state index in [1.807, 2.05) is 17.8 Å². The highest BCUT2D eigenvalue weighted by Crippen LogP contribution is 2.24. The molecule has 1 aromatic carbocycles. The molecule has 2 rings (SSSR count). The summed E-state index contributed by atoms with van der Waals surface area (Å²) in [7, 11) is 1.88. The molecule has 0 saturated carbocycles. The topological polar surface area (TPSA) is 90.1 Å². The van der Waals surface area contributed by atoms with Gasteiger partial charge in [-0.25, -0.2) is 4.98 Å². The molecular formula is C13H13ClN4O3. The molecule has 0 aliphatic rings. The van der Waals surface area contributed by atoms with E-state index < -0.39 is 4.92 Å². The third kappa shape index (κ3) is 3.57. The van der Waals surface area contributed by atoms with Crippen molar-refractivity contribution in [3.63, 3.8) is 0 Å². The summed E-state index contributed by atoms with van der Waals surface area (Å²) in [6.45, 7) is 0.415. The third-order valence-electron chi connectivity index (χ3n) is 2.96. The van der Waals surface area contributed by atoms with Crippen molar-refractivity contribution >= 4 is 23.2 Å². The lowest BCUT2D eigenvalue weighted by Crippen LogP contribution is -2.26. The van der Waals surface area contributed by atoms with E-state index in [2.05, 4.69) is 10.3 Å². The maximum absolute atomic E-state index is 11.9. The molecule has 7 nitrogen and oxygen atoms in total. The first-order chi connectivity index (χ1) is 9.99. The van der Waals surface area contributed by atoms with Gasteiger partial charge in [-0.1, -0.05) is 11.6 Å². The van der Waals surface area contributed by atoms with Crippen LogP contribution in [0.2, 0.25) is 5.02 Å². The van der Waals surface area contributed by atoms with Gasteiger partial charge in [0.05, 0.1) is 4.92 Å². The molecule has 1 heterocycles. The average Bonchev–Trinajstić information content (AvgIpc) is 2.83. The van der Waals surface area contributed by atoms with Crippen LogP contribution in [0.15, 0.2) is 30.6 Å². The minimum absolute atomic E-state index is 0.0586. The van der Waals surface area contributed by atoms with Crippen molar-refractivity contribution in [2.24, 2.45) is 7.05 Å². The molecule has 0 aliphatic heterocycles. The van der Waals surface area contributed by atoms with Crippen LogP contribution in [0.25, 0.3) is 0 Å². The lowest BCUT2D eigenvalue weighted by molar-refractivity contribution is -0.384. The zero-order valence-corrected chi connectivity index (χ0v) is 12.0. The van der Waals surface area contributed by atoms with Gasteiger partial charge in [0.2, 0.25) is 0 Å². The molecule has 21 heavy (non-hydrogen) atoms. The van der Waals surface area contributed by atoms with Gasteiger partial charge in [-0.05, 0) is 12.1 Å². The number of nitrogens with zero attached hydrogens (tertiary/aromatic N) is 3. The number of aromatic nitrogens is 2. The summed E-state index contributed by atoms with van der Waals surface area (Å²) >= 11 is 5.77. The molecule has 0 fully saturated rings. The van der Waals surface area contributed by atoms with Gasteiger partial charge in [0.15, 0.2) is 0 Å². The molecule has 0 radical (unpaired) electrons. The molecule has 1 N–H and O–H groups in total. The summed E-state index contributed by atoms with van der Waals surface area (Å²) in [4.78, 5) is 26.1. The summed E-state index contributed by atoms with van der Waals surface area (Å²) in [5.74, 6) is 0.526. The highest BCUT2D eigenvalue weighted by molar-refractivity contribution is 6.33. The Morgan fingerprint density at radius 3 is 2.86 bits per heavy atom. The zero-order valence-electron chi connectivity index (χ0n) is 11.2. The Morgan fingerprint density at radius 2 is 2.29 bits per heavy atom. The normalized spacial score (nSPS) is 10.4. The predicted octanol–water partition coefficient (Wildman–Crippen LogP) is 1.95. The van der Waals surface area contributed by atoms with Gasteiger partial charge < -0.3 is 9.88 Å². The van der Waals surface area contributed by atoms with Crippen molar-refractivity contribution in [3.8, 4) is 0 Å². The highest BCUT2D eigenvalue weighted by atomic mass is 35.5. The quantitative estimate of drug-likeness (QED) is 0.675. The summed E-state index contributed by atoms with van der Waals surface area (Å²) < 4.78 is 1.87. The molecular weight excluding hydrogens is 296 g/mol. The third-order valence-corrected chi connectivity index (χ3v) is 3.26. The lowest BCUT2D eigenvalue weighted by atomic mass is 10.2. The van der Waals surface area contributed by atoms with Crippen LogP contribution in [0.3, 0.4) is 0 Å². The fraction of sp³-hybridized carbons (Fsp3) is 0.231. The van der Waals surface area contributed by atoms with Crippen LogP contribution >= 0.6 is 11.6 Å². The molecule has 2 aromatic rings. The van der Waals surface area contributed by atoms with Crippen molar-refractivity contribution in [2.45, 2.75) is 6.42 Å². The first-order valence-electron chi connectivity index (χ1n) is 6.17. The van der Waals surface area contributed by atoms with Crippen LogP contribution in [-0.2, 0) is 13.5 Å². The van der Waals surface area contributed by atoms with Crippen LogP contribution in [0.1, 0.15) is 16.2 Å². The van der Waals surface area contributed by atoms with Crippen molar-refractivity contribution in [3.05, 3.63) is 57.1 Å². The maximum Gasteiger partial charge on any atom is 0.287 e. The Kier molecular flexibility index (Phi) is 4.54. The molecule has 0 bridgehead atoms. The Balaban J connectivity index is 1.96. The molecule has 0 atom stereocenters. The van der Waals surface area contributed by atoms with Crippen molar-refractivity contribution in [2.75, 3.05) is 6.54 Å². The van der Waals surface area contributed by atoms with E-state index in [1.165, 1.54) is 18.2 Å². The molecule has 0 spiro atoms. The van der Waals surface area contributed by atoms with E-state index in [1.54, 1.807) is 6.20 Å². The smallest absolute Gasteiger partial charge is 0.287 e. The van der Waals surface area contributed by atoms with Gasteiger partial charge in [0.25, 0.3) is 11.6 Å². The van der Waals surface area contributed by atoms with Gasteiger partial charge >= 0.3 is 0 Å². The number of carbonyl (C=O) groups excluding carboxylic acids is 1. The van der Waals surface area contributed by atoms with Gasteiger partial charge in [-0.15, -0.1) is 0 Å². The van der Waals surface area contributed by atoms with E-state index in [4.69, 9.17) is 11.6 Å². The monoisotopic (exact) mass is 308 g/mol. The zero-order chi connectivity index (χ0) is 15.4. The molecule has 0 saturated heterocycles. The highest BCUT2D eigenvalue weighted by Gasteiger charge is 2.15. The number of imidazole rings is 1. The standard InChI is InChI=1S/C13H13ClN4O3/c1-17-7-6-15-12(17)4-5-16-13(19)9-2-3-11(18(20)21)10(14)8-9/h2-3,6-8H,4-5H2,1H3,(H,16,19). The molecule has 1 amide bonds. The molecule has 1 aromatic heterocycles. The molecule has 0 aliphatic carbocycles. The van der Waals surface area contributed by atoms with E-state index in [-0.39, 0.29) is 22.2 Å². The fourth-order valence-corrected chi connectivity index (χ4v) is 2.07. The maximum atomic E-state index is 11.9. The first kappa shape index (κ1) is 15.0. The van der Waals surface area contributed by atoms with Gasteiger partial charge in [-0.2, -0.15) is 0 Å². The number of amides is 1. The average molecular weight is 309 g/mol. The van der Waals surface area contributed by atoms with Gasteiger partial charge in [0, 0.05) is 44.0 Å². The van der Waals surface area contributed by atoms with E-state index >= 15 is 0 Å². The second-order valence-corrected chi connectivity index (χ2v) is 4.79. The fourth-order valence-electron chi connectivity index (χ4n) is 1.82. The number of hydrogen-bond donors (Lipinski definition) is 1. The minimum atomic E-state index is -0.592. The van der Waals surface area contributed by atoms with Crippen molar-refractivity contribution in [1.82, 2.24) is 14.9 Å². The number of aryl methyl sites for hydroxylation is 1. The second kappa shape index (κ2) is 6.36. The van der Waals surface area contributed by atoms with Crippen LogP contribution < -0.4 is 5.32 Å². The van der Waals surface area contributed by atoms with Crippen LogP contribution in [0.4, 0.5) is 5.69 Å². The van der Waals surface area contributed by atoms with Crippen LogP contribution in [0, 0.1) is 10.1 Å². The number of hydrogen-bond acceptors (Lipinski definition) is 4. The van der Waals surface area contributed by atoms with Crippen molar-refractivity contribution < 1.29 is 9.72 Å². The summed E-state index contributed by atoms with van der Waals surface area (Å²) in [6, 6.07) is 3.88. The number of nitro groups is 1. The second-order valence-electron chi connectivity index (χ2n) is 4.38. The van der Waals surface area contributed by atoms with E-state index in [0.717, 1.165) is 5.82 Å². The number of benzene rings is 1. The number of halogens is 1. The van der Waals surface area contributed by atoms with Gasteiger partial charge in [-0.3, -0.25) is 14.9 Å². The van der Waals surface area contributed by atoms with Gasteiger partial charge in [0.1, 0.15) is 10.8 Å². The largest absolute Gasteiger partial charge is 0.352 e. The van der Waals surface area contributed by atoms with Crippen molar-refractivity contribution in [1.29, 1.82) is 0 Å². The Morgan fingerprint density at radius 1 is 1.52 bits per heavy atom. The predicted molar refractivity (Wildman–Crippen MR) is 77.4 cm³/mol. The molecule has 0 unspecified atom stereocenters. The number of nitrogens with one attached hydrogen (secondary N) is 1. The number of nitro benzene ring substituents is 1. The Labute approximate surface area is 125 Å². The Hall–Kier alpha value is -2.41. The molecule has 110 valence electrons. The number of carbonyl (C=O) groups is 1.